The molecule has 14 heavy (non-hydrogen) atoms. The summed E-state index contributed by atoms with van der Waals surface area (Å²) in [6.45, 7) is 0. The minimum Gasteiger partial charge on any atom is -1.00 e. The summed E-state index contributed by atoms with van der Waals surface area (Å²) in [5.74, 6) is -0.190. The molecule has 1 rings (SSSR count). The van der Waals surface area contributed by atoms with E-state index >= 15 is 0 Å². The molecule has 0 aliphatic carbocycles. The Labute approximate surface area is 126 Å². The quantitative estimate of drug-likeness (QED) is 0.454. The van der Waals surface area contributed by atoms with Crippen LogP contribution in [-0.4, -0.2) is 25.2 Å². The van der Waals surface area contributed by atoms with Crippen LogP contribution in [0.15, 0.2) is 23.1 Å². The van der Waals surface area contributed by atoms with Gasteiger partial charge in [0, 0.05) is 6.07 Å². The molecule has 0 spiro atoms. The third-order valence-electron chi connectivity index (χ3n) is 1.45. The zero-order valence-corrected chi connectivity index (χ0v) is 11.7. The fraction of sp³-hybridized carbons (Fsp3) is 0.143. The largest absolute Gasteiger partial charge is 1.00 e. The van der Waals surface area contributed by atoms with E-state index in [2.05, 4.69) is 4.74 Å². The van der Waals surface area contributed by atoms with E-state index in [1.54, 1.807) is 0 Å². The fourth-order valence-electron chi connectivity index (χ4n) is 0.818. The van der Waals surface area contributed by atoms with Crippen LogP contribution in [0.3, 0.4) is 0 Å². The molecule has 74 valence electrons. The molecule has 0 fully saturated rings. The SMILES string of the molecule is COc1cc(S(=O)(=O)O)ccc1O.[H-].[K+]. The molecule has 0 amide bonds. The zero-order chi connectivity index (χ0) is 10.1. The summed E-state index contributed by atoms with van der Waals surface area (Å²) in [4.78, 5) is -0.317. The molecule has 0 aliphatic rings. The molecule has 7 heteroatoms. The summed E-state index contributed by atoms with van der Waals surface area (Å²) in [5.41, 5.74) is 0. The van der Waals surface area contributed by atoms with Gasteiger partial charge < -0.3 is 11.3 Å². The molecular formula is C7H9KO5S. The minimum absolute atomic E-state index is 0. The number of benzene rings is 1. The minimum atomic E-state index is -4.24. The van der Waals surface area contributed by atoms with E-state index in [9.17, 15) is 8.42 Å². The molecule has 0 saturated heterocycles. The molecule has 0 bridgehead atoms. The molecule has 0 radical (unpaired) electrons. The molecule has 0 atom stereocenters. The number of aromatic hydroxyl groups is 1. The van der Waals surface area contributed by atoms with E-state index in [4.69, 9.17) is 9.66 Å². The predicted octanol–water partition coefficient (Wildman–Crippen LogP) is -2.24. The maximum absolute atomic E-state index is 10.6. The second kappa shape index (κ2) is 5.45. The number of ether oxygens (including phenoxy) is 1. The maximum atomic E-state index is 10.6. The monoisotopic (exact) mass is 244 g/mol. The zero-order valence-electron chi connectivity index (χ0n) is 8.76. The van der Waals surface area contributed by atoms with E-state index in [1.165, 1.54) is 7.11 Å². The van der Waals surface area contributed by atoms with Gasteiger partial charge in [-0.1, -0.05) is 0 Å². The van der Waals surface area contributed by atoms with Crippen LogP contribution in [0.25, 0.3) is 0 Å². The van der Waals surface area contributed by atoms with Crippen LogP contribution < -0.4 is 56.1 Å². The summed E-state index contributed by atoms with van der Waals surface area (Å²) in [7, 11) is -2.96. The average Bonchev–Trinajstić information content (AvgIpc) is 2.03. The molecule has 1 aromatic carbocycles. The Kier molecular flexibility index (Phi) is 5.59. The van der Waals surface area contributed by atoms with Crippen molar-refractivity contribution < 1.29 is 75.6 Å². The van der Waals surface area contributed by atoms with Crippen LogP contribution in [0.2, 0.25) is 0 Å². The van der Waals surface area contributed by atoms with Gasteiger partial charge in [0.25, 0.3) is 10.1 Å². The Balaban J connectivity index is 0. The number of hydrogen-bond acceptors (Lipinski definition) is 4. The third-order valence-corrected chi connectivity index (χ3v) is 2.30. The van der Waals surface area contributed by atoms with Crippen molar-refractivity contribution in [3.8, 4) is 11.5 Å². The molecule has 0 unspecified atom stereocenters. The number of rotatable bonds is 2. The first-order chi connectivity index (χ1) is 5.95. The Morgan fingerprint density at radius 1 is 1.43 bits per heavy atom. The molecule has 0 aromatic heterocycles. The molecule has 0 heterocycles. The van der Waals surface area contributed by atoms with Gasteiger partial charge in [0.15, 0.2) is 11.5 Å². The Morgan fingerprint density at radius 3 is 2.43 bits per heavy atom. The van der Waals surface area contributed by atoms with Crippen molar-refractivity contribution in [3.05, 3.63) is 18.2 Å². The van der Waals surface area contributed by atoms with Crippen LogP contribution in [0.1, 0.15) is 1.43 Å². The number of phenols is 1. The van der Waals surface area contributed by atoms with Crippen LogP contribution in [0.5, 0.6) is 11.5 Å². The predicted molar refractivity (Wildman–Crippen MR) is 45.6 cm³/mol. The second-order valence-corrected chi connectivity index (χ2v) is 3.73. The normalized spacial score (nSPS) is 10.4. The molecule has 0 aliphatic heterocycles. The Hall–Kier alpha value is 0.366. The first kappa shape index (κ1) is 14.4. The van der Waals surface area contributed by atoms with Gasteiger partial charge in [0.2, 0.25) is 0 Å². The summed E-state index contributed by atoms with van der Waals surface area (Å²) >= 11 is 0. The van der Waals surface area contributed by atoms with E-state index in [0.717, 1.165) is 18.2 Å². The van der Waals surface area contributed by atoms with Crippen molar-refractivity contribution in [2.45, 2.75) is 4.90 Å². The summed E-state index contributed by atoms with van der Waals surface area (Å²) in [5, 5.41) is 9.10. The average molecular weight is 244 g/mol. The van der Waals surface area contributed by atoms with Crippen LogP contribution in [0.4, 0.5) is 0 Å². The van der Waals surface area contributed by atoms with Gasteiger partial charge in [-0.25, -0.2) is 0 Å². The van der Waals surface area contributed by atoms with E-state index < -0.39 is 10.1 Å². The number of hydrogen-bond donors (Lipinski definition) is 2. The van der Waals surface area contributed by atoms with Gasteiger partial charge in [-0.2, -0.15) is 8.42 Å². The molecule has 2 N–H and O–H groups in total. The topological polar surface area (TPSA) is 83.8 Å². The van der Waals surface area contributed by atoms with Crippen molar-refractivity contribution in [1.29, 1.82) is 0 Å². The van der Waals surface area contributed by atoms with Crippen molar-refractivity contribution in [2.75, 3.05) is 7.11 Å². The first-order valence-electron chi connectivity index (χ1n) is 3.29. The standard InChI is InChI=1S/C7H8O5S.K.H/c1-12-7-4-5(13(9,10)11)2-3-6(7)8;;/h2-4,8H,1H3,(H,9,10,11);;/q;+1;-1. The number of methoxy groups -OCH3 is 1. The Morgan fingerprint density at radius 2 is 2.00 bits per heavy atom. The van der Waals surface area contributed by atoms with Crippen molar-refractivity contribution in [2.24, 2.45) is 0 Å². The molecule has 1 aromatic rings. The van der Waals surface area contributed by atoms with Gasteiger partial charge >= 0.3 is 51.4 Å². The molecular weight excluding hydrogens is 235 g/mol. The van der Waals surface area contributed by atoms with Gasteiger partial charge in [-0.05, 0) is 12.1 Å². The van der Waals surface area contributed by atoms with Crippen molar-refractivity contribution in [1.82, 2.24) is 0 Å². The van der Waals surface area contributed by atoms with Crippen LogP contribution >= 0.6 is 0 Å². The molecule has 5 nitrogen and oxygen atoms in total. The van der Waals surface area contributed by atoms with E-state index in [0.29, 0.717) is 0 Å². The van der Waals surface area contributed by atoms with Crippen LogP contribution in [-0.2, 0) is 10.1 Å². The summed E-state index contributed by atoms with van der Waals surface area (Å²) in [6.07, 6.45) is 0. The van der Waals surface area contributed by atoms with Crippen molar-refractivity contribution >= 4 is 10.1 Å². The fourth-order valence-corrected chi connectivity index (χ4v) is 1.31. The summed E-state index contributed by atoms with van der Waals surface area (Å²) < 4.78 is 34.6. The van der Waals surface area contributed by atoms with Crippen LogP contribution in [0, 0.1) is 0 Å². The second-order valence-electron chi connectivity index (χ2n) is 2.31. The van der Waals surface area contributed by atoms with Gasteiger partial charge in [-0.3, -0.25) is 4.55 Å². The van der Waals surface area contributed by atoms with Gasteiger partial charge in [0.1, 0.15) is 0 Å². The third kappa shape index (κ3) is 3.50. The van der Waals surface area contributed by atoms with Gasteiger partial charge in [-0.15, -0.1) is 0 Å². The smallest absolute Gasteiger partial charge is 1.00 e. The number of phenolic OH excluding ortho intramolecular Hbond substituents is 1. The van der Waals surface area contributed by atoms with Crippen molar-refractivity contribution in [3.63, 3.8) is 0 Å². The van der Waals surface area contributed by atoms with Gasteiger partial charge in [0.05, 0.1) is 12.0 Å². The van der Waals surface area contributed by atoms with E-state index in [1.807, 2.05) is 0 Å². The Bertz CT molecular complexity index is 419. The first-order valence-corrected chi connectivity index (χ1v) is 4.73. The summed E-state index contributed by atoms with van der Waals surface area (Å²) in [6, 6.07) is 3.24. The maximum Gasteiger partial charge on any atom is 1.00 e. The van der Waals surface area contributed by atoms with E-state index in [-0.39, 0.29) is 69.2 Å². The molecule has 0 saturated carbocycles.